The molecule has 0 saturated heterocycles. The lowest BCUT2D eigenvalue weighted by Crippen LogP contribution is -1.90. The second-order valence-electron chi connectivity index (χ2n) is 7.08. The average molecular weight is 475 g/mol. The zero-order valence-corrected chi connectivity index (χ0v) is 19.7. The van der Waals surface area contributed by atoms with Gasteiger partial charge in [-0.3, -0.25) is 0 Å². The molecule has 4 rings (SSSR count). The van der Waals surface area contributed by atoms with Crippen LogP contribution in [0.2, 0.25) is 0 Å². The molecule has 158 valence electrons. The first-order valence-corrected chi connectivity index (χ1v) is 11.3. The van der Waals surface area contributed by atoms with Gasteiger partial charge in [0.1, 0.15) is 11.5 Å². The van der Waals surface area contributed by atoms with Gasteiger partial charge in [-0.1, -0.05) is 101 Å². The molecule has 0 aromatic heterocycles. The summed E-state index contributed by atoms with van der Waals surface area (Å²) >= 11 is 3.45. The predicted octanol–water partition coefficient (Wildman–Crippen LogP) is 7.93. The minimum atomic E-state index is 0.811. The molecule has 0 heterocycles. The highest BCUT2D eigenvalue weighted by atomic mass is 79.9. The molecule has 0 bridgehead atoms. The Hall–Kier alpha value is -3.04. The summed E-state index contributed by atoms with van der Waals surface area (Å²) in [5, 5.41) is 0.811. The molecule has 0 aliphatic heterocycles. The third kappa shape index (κ3) is 5.99. The fourth-order valence-electron chi connectivity index (χ4n) is 3.30. The lowest BCUT2D eigenvalue weighted by Gasteiger charge is -2.08. The molecule has 0 aliphatic rings. The lowest BCUT2D eigenvalue weighted by molar-refractivity contribution is 0.411. The minimum absolute atomic E-state index is 0.811. The van der Waals surface area contributed by atoms with Crippen molar-refractivity contribution in [3.05, 3.63) is 108 Å². The third-order valence-electron chi connectivity index (χ3n) is 5.05. The van der Waals surface area contributed by atoms with Crippen LogP contribution in [0.3, 0.4) is 0 Å². The van der Waals surface area contributed by atoms with E-state index in [0.29, 0.717) is 0 Å². The molecule has 0 radical (unpaired) electrons. The van der Waals surface area contributed by atoms with Crippen LogP contribution in [0.1, 0.15) is 11.1 Å². The van der Waals surface area contributed by atoms with E-state index in [1.165, 1.54) is 27.8 Å². The highest BCUT2D eigenvalue weighted by Gasteiger charge is 2.04. The predicted molar refractivity (Wildman–Crippen MR) is 134 cm³/mol. The number of rotatable bonds is 5. The number of aryl methyl sites for hydroxylation is 1. The van der Waals surface area contributed by atoms with Gasteiger partial charge in [0.25, 0.3) is 0 Å². The Kier molecular flexibility index (Phi) is 8.31. The number of halogens is 1. The Bertz CT molecular complexity index is 1090. The SMILES string of the molecule is COc1cc(-c2ccccc2)ccc1C.COc1cc(-c2ccccc2)ccc1CBr. The van der Waals surface area contributed by atoms with Crippen molar-refractivity contribution < 1.29 is 9.47 Å². The number of ether oxygens (including phenoxy) is 2. The summed E-state index contributed by atoms with van der Waals surface area (Å²) in [7, 11) is 3.41. The average Bonchev–Trinajstić information content (AvgIpc) is 2.85. The second-order valence-corrected chi connectivity index (χ2v) is 7.64. The van der Waals surface area contributed by atoms with Crippen LogP contribution in [0.4, 0.5) is 0 Å². The topological polar surface area (TPSA) is 18.5 Å². The Morgan fingerprint density at radius 3 is 1.55 bits per heavy atom. The zero-order valence-electron chi connectivity index (χ0n) is 18.1. The van der Waals surface area contributed by atoms with Crippen molar-refractivity contribution in [3.8, 4) is 33.8 Å². The monoisotopic (exact) mass is 474 g/mol. The van der Waals surface area contributed by atoms with E-state index >= 15 is 0 Å². The van der Waals surface area contributed by atoms with Crippen LogP contribution >= 0.6 is 15.9 Å². The maximum atomic E-state index is 5.37. The van der Waals surface area contributed by atoms with E-state index in [4.69, 9.17) is 9.47 Å². The fourth-order valence-corrected chi connectivity index (χ4v) is 3.76. The summed E-state index contributed by atoms with van der Waals surface area (Å²) in [6, 6.07) is 33.2. The normalized spacial score (nSPS) is 10.1. The fraction of sp³-hybridized carbons (Fsp3) is 0.143. The molecule has 0 saturated carbocycles. The summed E-state index contributed by atoms with van der Waals surface area (Å²) < 4.78 is 10.7. The van der Waals surface area contributed by atoms with E-state index in [9.17, 15) is 0 Å². The Labute approximate surface area is 193 Å². The van der Waals surface area contributed by atoms with Gasteiger partial charge in [-0.15, -0.1) is 0 Å². The summed E-state index contributed by atoms with van der Waals surface area (Å²) in [6.45, 7) is 2.05. The van der Waals surface area contributed by atoms with Crippen LogP contribution in [-0.4, -0.2) is 14.2 Å². The van der Waals surface area contributed by atoms with Crippen molar-refractivity contribution in [3.63, 3.8) is 0 Å². The molecule has 0 atom stereocenters. The van der Waals surface area contributed by atoms with Gasteiger partial charge < -0.3 is 9.47 Å². The standard InChI is InChI=1S/C14H13BrO.C14H14O/c1-16-14-9-12(7-8-13(14)10-15)11-5-3-2-4-6-11;1-11-8-9-13(10-14(11)15-2)12-6-4-3-5-7-12/h2-9H,10H2,1H3;3-10H,1-2H3. The van der Waals surface area contributed by atoms with Gasteiger partial charge >= 0.3 is 0 Å². The van der Waals surface area contributed by atoms with Gasteiger partial charge in [-0.05, 0) is 46.9 Å². The number of benzene rings is 4. The van der Waals surface area contributed by atoms with E-state index in [-0.39, 0.29) is 0 Å². The summed E-state index contributed by atoms with van der Waals surface area (Å²) in [4.78, 5) is 0. The van der Waals surface area contributed by atoms with Crippen LogP contribution < -0.4 is 9.47 Å². The smallest absolute Gasteiger partial charge is 0.123 e. The van der Waals surface area contributed by atoms with Crippen LogP contribution in [0.15, 0.2) is 97.1 Å². The molecule has 2 nitrogen and oxygen atoms in total. The first-order chi connectivity index (χ1) is 15.2. The quantitative estimate of drug-likeness (QED) is 0.273. The van der Waals surface area contributed by atoms with Crippen molar-refractivity contribution in [2.75, 3.05) is 14.2 Å². The molecule has 0 aliphatic carbocycles. The number of hydrogen-bond donors (Lipinski definition) is 0. The van der Waals surface area contributed by atoms with E-state index < -0.39 is 0 Å². The highest BCUT2D eigenvalue weighted by molar-refractivity contribution is 9.08. The van der Waals surface area contributed by atoms with Gasteiger partial charge in [0.15, 0.2) is 0 Å². The van der Waals surface area contributed by atoms with Gasteiger partial charge in [0, 0.05) is 10.9 Å². The molecule has 0 N–H and O–H groups in total. The van der Waals surface area contributed by atoms with Crippen molar-refractivity contribution in [1.29, 1.82) is 0 Å². The Morgan fingerprint density at radius 2 is 1.06 bits per heavy atom. The largest absolute Gasteiger partial charge is 0.496 e. The van der Waals surface area contributed by atoms with Crippen LogP contribution in [0, 0.1) is 6.92 Å². The summed E-state index contributed by atoms with van der Waals surface area (Å²) in [5.41, 5.74) is 7.14. The van der Waals surface area contributed by atoms with Crippen molar-refractivity contribution in [2.45, 2.75) is 12.3 Å². The van der Waals surface area contributed by atoms with Crippen LogP contribution in [0.5, 0.6) is 11.5 Å². The molecular weight excluding hydrogens is 448 g/mol. The molecule has 0 unspecified atom stereocenters. The number of methoxy groups -OCH3 is 2. The molecule has 0 amide bonds. The van der Waals surface area contributed by atoms with E-state index in [1.54, 1.807) is 14.2 Å². The van der Waals surface area contributed by atoms with Crippen molar-refractivity contribution >= 4 is 15.9 Å². The van der Waals surface area contributed by atoms with Gasteiger partial charge in [-0.25, -0.2) is 0 Å². The Morgan fingerprint density at radius 1 is 0.581 bits per heavy atom. The van der Waals surface area contributed by atoms with Crippen molar-refractivity contribution in [2.24, 2.45) is 0 Å². The van der Waals surface area contributed by atoms with E-state index in [1.807, 2.05) is 43.3 Å². The number of alkyl halides is 1. The van der Waals surface area contributed by atoms with Gasteiger partial charge in [-0.2, -0.15) is 0 Å². The molecule has 0 spiro atoms. The van der Waals surface area contributed by atoms with Crippen LogP contribution in [0.25, 0.3) is 22.3 Å². The van der Waals surface area contributed by atoms with E-state index in [2.05, 4.69) is 76.6 Å². The maximum Gasteiger partial charge on any atom is 0.123 e. The first-order valence-electron chi connectivity index (χ1n) is 10.1. The molecule has 0 fully saturated rings. The van der Waals surface area contributed by atoms with Gasteiger partial charge in [0.2, 0.25) is 0 Å². The maximum absolute atomic E-state index is 5.37. The Balaban J connectivity index is 0.000000176. The highest BCUT2D eigenvalue weighted by Crippen LogP contribution is 2.28. The van der Waals surface area contributed by atoms with E-state index in [0.717, 1.165) is 22.4 Å². The zero-order chi connectivity index (χ0) is 22.1. The van der Waals surface area contributed by atoms with Gasteiger partial charge in [0.05, 0.1) is 14.2 Å². The number of hydrogen-bond acceptors (Lipinski definition) is 2. The molecule has 3 heteroatoms. The lowest BCUT2D eigenvalue weighted by atomic mass is 10.0. The molecule has 4 aromatic carbocycles. The minimum Gasteiger partial charge on any atom is -0.496 e. The van der Waals surface area contributed by atoms with Crippen molar-refractivity contribution in [1.82, 2.24) is 0 Å². The second kappa shape index (κ2) is 11.4. The summed E-state index contributed by atoms with van der Waals surface area (Å²) in [6.07, 6.45) is 0. The van der Waals surface area contributed by atoms with Crippen LogP contribution in [-0.2, 0) is 5.33 Å². The molecule has 4 aromatic rings. The molecular formula is C28H27BrO2. The summed E-state index contributed by atoms with van der Waals surface area (Å²) in [5.74, 6) is 1.87. The third-order valence-corrected chi connectivity index (χ3v) is 5.66. The molecule has 31 heavy (non-hydrogen) atoms. The first kappa shape index (κ1) is 22.6.